The van der Waals surface area contributed by atoms with Crippen LogP contribution in [0.15, 0.2) is 35.3 Å². The molecular weight excluding hydrogens is 1080 g/mol. The molecule has 2 saturated heterocycles. The van der Waals surface area contributed by atoms with Crippen LogP contribution in [0.25, 0.3) is 0 Å². The number of carbonyl (C=O) groups excluding carboxylic acids is 6. The Labute approximate surface area is 436 Å². The number of unbranched alkanes of at least 4 members (excludes halogenated alkanes) is 1. The van der Waals surface area contributed by atoms with Crippen LogP contribution >= 0.6 is 22.1 Å². The number of carboxylic acids is 1. The molecular formula is C41H71GaN12O16P3. The number of aliphatic hydroxyl groups is 2. The molecule has 2 fully saturated rings. The van der Waals surface area contributed by atoms with Crippen LogP contribution in [0.2, 0.25) is 0 Å². The van der Waals surface area contributed by atoms with E-state index in [9.17, 15) is 77.3 Å². The molecule has 73 heavy (non-hydrogen) atoms. The molecule has 0 aliphatic carbocycles. The van der Waals surface area contributed by atoms with Crippen molar-refractivity contribution in [2.45, 2.75) is 75.5 Å². The van der Waals surface area contributed by atoms with E-state index < -0.39 is 132 Å². The van der Waals surface area contributed by atoms with Crippen molar-refractivity contribution in [3.05, 3.63) is 35.9 Å². The van der Waals surface area contributed by atoms with Crippen LogP contribution in [-0.2, 0) is 53.7 Å². The fourth-order valence-electron chi connectivity index (χ4n) is 7.61. The van der Waals surface area contributed by atoms with E-state index in [-0.39, 0.29) is 129 Å². The van der Waals surface area contributed by atoms with E-state index >= 15 is 0 Å². The Kier molecular flexibility index (Phi) is 28.7. The molecule has 1 aromatic rings. The second kappa shape index (κ2) is 32.3. The van der Waals surface area contributed by atoms with E-state index in [4.69, 9.17) is 11.5 Å². The summed E-state index contributed by atoms with van der Waals surface area (Å²) < 4.78 is 38.1. The average molecular weight is 1150 g/mol. The Hall–Kier alpha value is -4.21. The molecule has 32 heteroatoms. The minimum atomic E-state index is -4.03. The normalized spacial score (nSPS) is 22.9. The first-order valence-electron chi connectivity index (χ1n) is 23.3. The number of hydrogen-bond donors (Lipinski definition) is 14. The molecule has 16 N–H and O–H groups in total. The molecule has 0 saturated carbocycles. The van der Waals surface area contributed by atoms with Crippen molar-refractivity contribution >= 4 is 89.3 Å². The minimum absolute atomic E-state index is 0. The number of rotatable bonds is 24. The van der Waals surface area contributed by atoms with E-state index in [0.717, 1.165) is 0 Å². The third-order valence-electron chi connectivity index (χ3n) is 11.4. The molecule has 0 bridgehead atoms. The van der Waals surface area contributed by atoms with Gasteiger partial charge in [-0.05, 0) is 37.7 Å². The zero-order valence-corrected chi connectivity index (χ0v) is 45.7. The molecule has 1 aromatic carbocycles. The SMILES string of the molecule is NC(N)=NCCC[C@@H]1NC(=O)[C@H](CCCCNC(=O)CCP(=O)(O)CN2CCN(CP(=O)(O)CO)CCN(CP(=O)(O)CO)CC2)NC(=O)[C@@H](Cc2ccccc2)NC(=O)[C@H](CC(=O)O)NC(=O)CNC1=O.[68Ga]. The average Bonchev–Trinajstić information content (AvgIpc) is 3.39. The summed E-state index contributed by atoms with van der Waals surface area (Å²) in [5.74, 6) is -6.66. The molecule has 0 spiro atoms. The summed E-state index contributed by atoms with van der Waals surface area (Å²) in [5, 5.41) is 43.3. The summed E-state index contributed by atoms with van der Waals surface area (Å²) in [6.07, 6.45) is -4.35. The number of carbonyl (C=O) groups is 7. The number of aliphatic carboxylic acids is 1. The third kappa shape index (κ3) is 26.2. The van der Waals surface area contributed by atoms with Crippen LogP contribution in [0.1, 0.15) is 50.5 Å². The van der Waals surface area contributed by atoms with Crippen LogP contribution in [-0.4, -0.2) is 233 Å². The van der Waals surface area contributed by atoms with E-state index in [1.54, 1.807) is 45.0 Å². The fraction of sp³-hybridized carbons (Fsp3) is 0.659. The van der Waals surface area contributed by atoms with Crippen LogP contribution in [0, 0.1) is 0 Å². The quantitative estimate of drug-likeness (QED) is 0.0153. The van der Waals surface area contributed by atoms with Crippen molar-refractivity contribution in [2.24, 2.45) is 16.5 Å². The van der Waals surface area contributed by atoms with Crippen molar-refractivity contribution in [1.29, 1.82) is 0 Å². The smallest absolute Gasteiger partial charge is 0.305 e. The molecule has 2 aliphatic rings. The second-order valence-corrected chi connectivity index (χ2v) is 24.6. The monoisotopic (exact) mass is 1150 g/mol. The van der Waals surface area contributed by atoms with Gasteiger partial charge in [-0.3, -0.25) is 66.9 Å². The van der Waals surface area contributed by atoms with Gasteiger partial charge in [-0.15, -0.1) is 0 Å². The Balaban J connectivity index is 0.0000183. The maximum Gasteiger partial charge on any atom is 0.305 e. The molecule has 3 unspecified atom stereocenters. The van der Waals surface area contributed by atoms with Gasteiger partial charge in [-0.1, -0.05) is 30.3 Å². The van der Waals surface area contributed by atoms with Crippen molar-refractivity contribution in [2.75, 3.05) is 96.6 Å². The Morgan fingerprint density at radius 2 is 1.15 bits per heavy atom. The van der Waals surface area contributed by atoms with Gasteiger partial charge < -0.3 is 73.4 Å². The number of aliphatic imine (C=N–C) groups is 1. The number of guanidine groups is 1. The van der Waals surface area contributed by atoms with Gasteiger partial charge in [-0.2, -0.15) is 0 Å². The number of amides is 6. The van der Waals surface area contributed by atoms with Crippen LogP contribution in [0.5, 0.6) is 0 Å². The van der Waals surface area contributed by atoms with Crippen molar-refractivity contribution in [3.8, 4) is 0 Å². The molecule has 6 amide bonds. The second-order valence-electron chi connectivity index (χ2n) is 17.7. The summed E-state index contributed by atoms with van der Waals surface area (Å²) in [4.78, 5) is 132. The summed E-state index contributed by atoms with van der Waals surface area (Å²) in [7, 11) is -11.9. The zero-order valence-electron chi connectivity index (χ0n) is 40.6. The Morgan fingerprint density at radius 1 is 0.671 bits per heavy atom. The number of aliphatic hydroxyl groups excluding tert-OH is 2. The number of nitrogens with zero attached hydrogens (tertiary/aromatic N) is 4. The number of hydrogen-bond acceptors (Lipinski definition) is 16. The number of nitrogens with one attached hydrogen (secondary N) is 6. The standard InChI is InChI=1S/C41H71N12O16P3.Ga/c42-41(43)45-13-6-10-30-37(60)46-23-35(57)47-33(22-36(58)59)40(63)50-32(21-29-7-2-1-3-8-29)39(62)49-31(38(61)48-30)9-4-5-12-44-34(56)11-20-70(64,65)24-51-14-16-52(25-71(66,67)27-54)18-19-53(17-15-51)26-72(68,69)28-55;/h1-3,7-8,30-33,54-55H,4-6,9-28H2,(H,44,56)(H,46,60)(H,47,57)(H,48,61)(H,49,62)(H,50,63)(H,58,59)(H,64,65)(H,66,67)(H,68,69)(H4,42,43,45);/t30-,31-,32+,33-;/m0./s1/i;1-2. The Bertz CT molecular complexity index is 2140. The van der Waals surface area contributed by atoms with Gasteiger partial charge in [0.05, 0.1) is 31.8 Å². The van der Waals surface area contributed by atoms with Gasteiger partial charge in [0.1, 0.15) is 36.9 Å². The van der Waals surface area contributed by atoms with Gasteiger partial charge in [0, 0.05) is 91.2 Å². The largest absolute Gasteiger partial charge is 0.481 e. The van der Waals surface area contributed by atoms with Gasteiger partial charge >= 0.3 is 5.97 Å². The summed E-state index contributed by atoms with van der Waals surface area (Å²) >= 11 is 0. The van der Waals surface area contributed by atoms with E-state index in [1.807, 2.05) is 0 Å². The first-order chi connectivity index (χ1) is 33.9. The first kappa shape index (κ1) is 64.9. The number of nitrogens with two attached hydrogens (primary N) is 2. The van der Waals surface area contributed by atoms with E-state index in [2.05, 4.69) is 36.9 Å². The number of carboxylic acid groups (broad SMARTS) is 1. The molecule has 409 valence electrons. The van der Waals surface area contributed by atoms with Crippen LogP contribution in [0.3, 0.4) is 0 Å². The van der Waals surface area contributed by atoms with Crippen molar-refractivity contribution in [1.82, 2.24) is 46.6 Å². The molecule has 2 heterocycles. The van der Waals surface area contributed by atoms with E-state index in [1.165, 1.54) is 0 Å². The minimum Gasteiger partial charge on any atom is -0.481 e. The molecule has 28 nitrogen and oxygen atoms in total. The van der Waals surface area contributed by atoms with Gasteiger partial charge in [0.15, 0.2) is 5.96 Å². The summed E-state index contributed by atoms with van der Waals surface area (Å²) in [5.41, 5.74) is 11.4. The molecule has 0 aromatic heterocycles. The first-order valence-corrected chi connectivity index (χ1v) is 29.4. The molecule has 3 rings (SSSR count). The predicted molar refractivity (Wildman–Crippen MR) is 268 cm³/mol. The molecule has 3 radical (unpaired) electrons. The van der Waals surface area contributed by atoms with Crippen LogP contribution in [0.4, 0.5) is 0 Å². The van der Waals surface area contributed by atoms with Crippen molar-refractivity contribution in [3.63, 3.8) is 0 Å². The summed E-state index contributed by atoms with van der Waals surface area (Å²) in [6.45, 7) is 0.330. The predicted octanol–water partition coefficient (Wildman–Crippen LogP) is -4.37. The topological polar surface area (TPSA) is 438 Å². The maximum atomic E-state index is 14.0. The zero-order chi connectivity index (χ0) is 53.5. The van der Waals surface area contributed by atoms with Crippen molar-refractivity contribution < 1.29 is 77.3 Å². The molecule has 7 atom stereocenters. The van der Waals surface area contributed by atoms with E-state index in [0.29, 0.717) is 5.56 Å². The van der Waals surface area contributed by atoms with Gasteiger partial charge in [0.25, 0.3) is 0 Å². The molecule has 2 aliphatic heterocycles. The Morgan fingerprint density at radius 3 is 1.67 bits per heavy atom. The van der Waals surface area contributed by atoms with Gasteiger partial charge in [0.2, 0.25) is 57.5 Å². The number of benzene rings is 1. The van der Waals surface area contributed by atoms with Gasteiger partial charge in [-0.25, -0.2) is 0 Å². The fourth-order valence-corrected chi connectivity index (χ4v) is 11.2. The van der Waals surface area contributed by atoms with Crippen LogP contribution < -0.4 is 43.4 Å². The summed E-state index contributed by atoms with van der Waals surface area (Å²) in [6, 6.07) is 2.78. The third-order valence-corrected chi connectivity index (χ3v) is 15.7. The maximum absolute atomic E-state index is 14.0.